The van der Waals surface area contributed by atoms with Crippen molar-refractivity contribution in [2.45, 2.75) is 19.4 Å². The number of aromatic nitrogens is 2. The zero-order valence-electron chi connectivity index (χ0n) is 9.89. The normalized spacial score (nSPS) is 20.2. The molecular weight excluding hydrogens is 212 g/mol. The van der Waals surface area contributed by atoms with Gasteiger partial charge in [-0.15, -0.1) is 0 Å². The second-order valence-corrected chi connectivity index (χ2v) is 4.73. The molecule has 3 heterocycles. The van der Waals surface area contributed by atoms with Crippen LogP contribution in [0.1, 0.15) is 17.8 Å². The van der Waals surface area contributed by atoms with Gasteiger partial charge in [-0.3, -0.25) is 0 Å². The predicted molar refractivity (Wildman–Crippen MR) is 67.8 cm³/mol. The molecule has 0 spiro atoms. The molecule has 0 bridgehead atoms. The largest absolute Gasteiger partial charge is 0.326 e. The summed E-state index contributed by atoms with van der Waals surface area (Å²) in [6, 6.07) is 4.12. The highest BCUT2D eigenvalue weighted by Crippen LogP contribution is 2.17. The average molecular weight is 230 g/mol. The first-order valence-corrected chi connectivity index (χ1v) is 6.23. The first-order valence-electron chi connectivity index (χ1n) is 6.23. The number of pyridine rings is 1. The first kappa shape index (κ1) is 10.7. The van der Waals surface area contributed by atoms with Gasteiger partial charge < -0.3 is 15.5 Å². The molecule has 1 unspecified atom stereocenters. The SMILES string of the molecule is NCc1cccn2c(CC3CCNC3)ncc12. The van der Waals surface area contributed by atoms with Gasteiger partial charge >= 0.3 is 0 Å². The topological polar surface area (TPSA) is 55.4 Å². The molecule has 1 atom stereocenters. The maximum absolute atomic E-state index is 5.74. The Morgan fingerprint density at radius 1 is 1.53 bits per heavy atom. The highest BCUT2D eigenvalue weighted by atomic mass is 15.0. The van der Waals surface area contributed by atoms with Crippen molar-refractivity contribution in [3.8, 4) is 0 Å². The van der Waals surface area contributed by atoms with Crippen molar-refractivity contribution < 1.29 is 0 Å². The summed E-state index contributed by atoms with van der Waals surface area (Å²) in [6.07, 6.45) is 6.33. The minimum Gasteiger partial charge on any atom is -0.326 e. The van der Waals surface area contributed by atoms with Gasteiger partial charge in [-0.2, -0.15) is 0 Å². The number of nitrogens with zero attached hydrogens (tertiary/aromatic N) is 2. The van der Waals surface area contributed by atoms with Gasteiger partial charge in [-0.25, -0.2) is 4.98 Å². The van der Waals surface area contributed by atoms with E-state index in [1.54, 1.807) is 0 Å². The summed E-state index contributed by atoms with van der Waals surface area (Å²) in [4.78, 5) is 4.55. The number of nitrogens with one attached hydrogen (secondary N) is 1. The molecule has 3 N–H and O–H groups in total. The highest BCUT2D eigenvalue weighted by molar-refractivity contribution is 5.54. The lowest BCUT2D eigenvalue weighted by Crippen LogP contribution is -2.12. The molecule has 3 rings (SSSR count). The van der Waals surface area contributed by atoms with Crippen LogP contribution in [0.3, 0.4) is 0 Å². The van der Waals surface area contributed by atoms with E-state index in [0.717, 1.165) is 42.3 Å². The summed E-state index contributed by atoms with van der Waals surface area (Å²) in [5.74, 6) is 1.88. The van der Waals surface area contributed by atoms with Gasteiger partial charge in [-0.05, 0) is 37.1 Å². The Morgan fingerprint density at radius 2 is 2.47 bits per heavy atom. The fraction of sp³-hybridized carbons (Fsp3) is 0.462. The van der Waals surface area contributed by atoms with Gasteiger partial charge in [-0.1, -0.05) is 6.07 Å². The molecule has 0 aliphatic carbocycles. The summed E-state index contributed by atoms with van der Waals surface area (Å²) in [6.45, 7) is 2.83. The first-order chi connectivity index (χ1) is 8.38. The van der Waals surface area contributed by atoms with Gasteiger partial charge in [0.15, 0.2) is 0 Å². The van der Waals surface area contributed by atoms with Crippen molar-refractivity contribution in [1.29, 1.82) is 0 Å². The van der Waals surface area contributed by atoms with Crippen molar-refractivity contribution >= 4 is 5.52 Å². The molecule has 2 aromatic rings. The van der Waals surface area contributed by atoms with Crippen LogP contribution in [0, 0.1) is 5.92 Å². The van der Waals surface area contributed by atoms with Gasteiger partial charge in [0.25, 0.3) is 0 Å². The zero-order valence-corrected chi connectivity index (χ0v) is 9.89. The number of hydrogen-bond donors (Lipinski definition) is 2. The molecule has 1 aliphatic rings. The summed E-state index contributed by atoms with van der Waals surface area (Å²) < 4.78 is 2.18. The molecule has 4 nitrogen and oxygen atoms in total. The average Bonchev–Trinajstić information content (AvgIpc) is 2.99. The van der Waals surface area contributed by atoms with Crippen LogP contribution in [0.2, 0.25) is 0 Å². The summed E-state index contributed by atoms with van der Waals surface area (Å²) in [7, 11) is 0. The Hall–Kier alpha value is -1.39. The van der Waals surface area contributed by atoms with Gasteiger partial charge in [0, 0.05) is 19.2 Å². The molecule has 1 aliphatic heterocycles. The van der Waals surface area contributed by atoms with Crippen LogP contribution < -0.4 is 11.1 Å². The number of fused-ring (bicyclic) bond motifs is 1. The summed E-state index contributed by atoms with van der Waals surface area (Å²) >= 11 is 0. The Labute approximate surface area is 101 Å². The molecule has 2 aromatic heterocycles. The minimum absolute atomic E-state index is 0.570. The molecular formula is C13H18N4. The Bertz CT molecular complexity index is 511. The van der Waals surface area contributed by atoms with E-state index in [0.29, 0.717) is 6.54 Å². The number of rotatable bonds is 3. The standard InChI is InChI=1S/C13H18N4/c14-7-11-2-1-5-17-12(11)9-16-13(17)6-10-3-4-15-8-10/h1-2,5,9-10,15H,3-4,6-8,14H2. The van der Waals surface area contributed by atoms with Crippen LogP contribution in [0.5, 0.6) is 0 Å². The predicted octanol–water partition coefficient (Wildman–Crippen LogP) is 0.945. The smallest absolute Gasteiger partial charge is 0.113 e. The highest BCUT2D eigenvalue weighted by Gasteiger charge is 2.17. The molecule has 0 saturated carbocycles. The third-order valence-corrected chi connectivity index (χ3v) is 3.59. The Balaban J connectivity index is 1.94. The van der Waals surface area contributed by atoms with E-state index in [1.807, 2.05) is 12.3 Å². The maximum atomic E-state index is 5.74. The molecule has 1 saturated heterocycles. The lowest BCUT2D eigenvalue weighted by atomic mass is 10.0. The van der Waals surface area contributed by atoms with Crippen molar-refractivity contribution in [3.05, 3.63) is 35.9 Å². The molecule has 17 heavy (non-hydrogen) atoms. The van der Waals surface area contributed by atoms with Gasteiger partial charge in [0.05, 0.1) is 11.7 Å². The van der Waals surface area contributed by atoms with Crippen LogP contribution in [-0.4, -0.2) is 22.5 Å². The number of nitrogens with two attached hydrogens (primary N) is 1. The van der Waals surface area contributed by atoms with Crippen molar-refractivity contribution in [2.75, 3.05) is 13.1 Å². The van der Waals surface area contributed by atoms with E-state index in [9.17, 15) is 0 Å². The van der Waals surface area contributed by atoms with E-state index in [4.69, 9.17) is 5.73 Å². The number of imidazole rings is 1. The molecule has 4 heteroatoms. The Kier molecular flexibility index (Phi) is 2.82. The summed E-state index contributed by atoms with van der Waals surface area (Å²) in [5.41, 5.74) is 8.05. The van der Waals surface area contributed by atoms with Crippen LogP contribution >= 0.6 is 0 Å². The van der Waals surface area contributed by atoms with Crippen molar-refractivity contribution in [3.63, 3.8) is 0 Å². The lowest BCUT2D eigenvalue weighted by Gasteiger charge is -2.08. The maximum Gasteiger partial charge on any atom is 0.113 e. The molecule has 0 radical (unpaired) electrons. The number of hydrogen-bond acceptors (Lipinski definition) is 3. The van der Waals surface area contributed by atoms with Crippen LogP contribution in [0.15, 0.2) is 24.5 Å². The second kappa shape index (κ2) is 4.47. The molecule has 0 amide bonds. The van der Waals surface area contributed by atoms with E-state index in [2.05, 4.69) is 27.0 Å². The zero-order chi connectivity index (χ0) is 11.7. The lowest BCUT2D eigenvalue weighted by molar-refractivity contribution is 0.560. The molecule has 0 aromatic carbocycles. The van der Waals surface area contributed by atoms with Crippen molar-refractivity contribution in [2.24, 2.45) is 11.7 Å². The fourth-order valence-electron chi connectivity index (χ4n) is 2.60. The minimum atomic E-state index is 0.570. The van der Waals surface area contributed by atoms with E-state index < -0.39 is 0 Å². The fourth-order valence-corrected chi connectivity index (χ4v) is 2.60. The monoisotopic (exact) mass is 230 g/mol. The second-order valence-electron chi connectivity index (χ2n) is 4.73. The quantitative estimate of drug-likeness (QED) is 0.825. The molecule has 1 fully saturated rings. The van der Waals surface area contributed by atoms with E-state index in [-0.39, 0.29) is 0 Å². The van der Waals surface area contributed by atoms with E-state index >= 15 is 0 Å². The third kappa shape index (κ3) is 1.94. The van der Waals surface area contributed by atoms with Crippen LogP contribution in [-0.2, 0) is 13.0 Å². The summed E-state index contributed by atoms with van der Waals surface area (Å²) in [5, 5.41) is 3.40. The van der Waals surface area contributed by atoms with Gasteiger partial charge in [0.1, 0.15) is 5.82 Å². The van der Waals surface area contributed by atoms with Crippen LogP contribution in [0.4, 0.5) is 0 Å². The van der Waals surface area contributed by atoms with Gasteiger partial charge in [0.2, 0.25) is 0 Å². The van der Waals surface area contributed by atoms with E-state index in [1.165, 1.54) is 6.42 Å². The molecule has 90 valence electrons. The van der Waals surface area contributed by atoms with Crippen LogP contribution in [0.25, 0.3) is 5.52 Å². The third-order valence-electron chi connectivity index (χ3n) is 3.59. The Morgan fingerprint density at radius 3 is 3.24 bits per heavy atom. The van der Waals surface area contributed by atoms with Crippen molar-refractivity contribution in [1.82, 2.24) is 14.7 Å².